The van der Waals surface area contributed by atoms with E-state index >= 15 is 0 Å². The van der Waals surface area contributed by atoms with Gasteiger partial charge in [0.25, 0.3) is 0 Å². The molecule has 2 aromatic rings. The van der Waals surface area contributed by atoms with Gasteiger partial charge in [0, 0.05) is 9.61 Å². The van der Waals surface area contributed by atoms with E-state index in [1.807, 2.05) is 12.1 Å². The molecule has 2 rings (SSSR count). The molecular formula is C14H16INO. The van der Waals surface area contributed by atoms with Gasteiger partial charge in [0.2, 0.25) is 0 Å². The highest BCUT2D eigenvalue weighted by Gasteiger charge is 2.12. The van der Waals surface area contributed by atoms with E-state index in [0.717, 1.165) is 5.76 Å². The Kier molecular flexibility index (Phi) is 4.23. The third kappa shape index (κ3) is 3.33. The molecule has 0 amide bonds. The molecule has 0 saturated carbocycles. The lowest BCUT2D eigenvalue weighted by molar-refractivity contribution is 0.403. The number of furan rings is 1. The second-order valence-corrected chi connectivity index (χ2v) is 5.42. The zero-order valence-electron chi connectivity index (χ0n) is 9.98. The van der Waals surface area contributed by atoms with E-state index in [4.69, 9.17) is 4.42 Å². The third-order valence-electron chi connectivity index (χ3n) is 2.84. The molecule has 0 fully saturated rings. The second kappa shape index (κ2) is 5.69. The van der Waals surface area contributed by atoms with Crippen LogP contribution < -0.4 is 5.32 Å². The molecule has 0 spiro atoms. The normalized spacial score (nSPS) is 14.5. The highest BCUT2D eigenvalue weighted by atomic mass is 127. The Morgan fingerprint density at radius 1 is 1.06 bits per heavy atom. The molecule has 2 nitrogen and oxygen atoms in total. The summed E-state index contributed by atoms with van der Waals surface area (Å²) in [4.78, 5) is 0. The maximum absolute atomic E-state index is 5.39. The first-order chi connectivity index (χ1) is 8.16. The Labute approximate surface area is 116 Å². The van der Waals surface area contributed by atoms with Gasteiger partial charge in [-0.15, -0.1) is 0 Å². The summed E-state index contributed by atoms with van der Waals surface area (Å²) in [5.41, 5.74) is 1.30. The van der Waals surface area contributed by atoms with Gasteiger partial charge in [-0.2, -0.15) is 0 Å². The predicted molar refractivity (Wildman–Crippen MR) is 77.8 cm³/mol. The minimum atomic E-state index is 0.222. The number of hydrogen-bond donors (Lipinski definition) is 1. The van der Waals surface area contributed by atoms with Crippen molar-refractivity contribution in [1.29, 1.82) is 0 Å². The molecule has 0 aliphatic rings. The van der Waals surface area contributed by atoms with Crippen molar-refractivity contribution in [1.82, 2.24) is 5.32 Å². The molecule has 17 heavy (non-hydrogen) atoms. The van der Waals surface area contributed by atoms with E-state index in [9.17, 15) is 0 Å². The summed E-state index contributed by atoms with van der Waals surface area (Å²) in [5.74, 6) is 0.974. The average Bonchev–Trinajstić information content (AvgIpc) is 2.83. The summed E-state index contributed by atoms with van der Waals surface area (Å²) >= 11 is 2.32. The van der Waals surface area contributed by atoms with Gasteiger partial charge in [0.05, 0.1) is 12.3 Å². The van der Waals surface area contributed by atoms with E-state index in [-0.39, 0.29) is 6.04 Å². The monoisotopic (exact) mass is 341 g/mol. The number of rotatable bonds is 4. The first-order valence-electron chi connectivity index (χ1n) is 5.71. The van der Waals surface area contributed by atoms with Crippen LogP contribution in [0.3, 0.4) is 0 Å². The van der Waals surface area contributed by atoms with Crippen molar-refractivity contribution in [2.75, 3.05) is 0 Å². The quantitative estimate of drug-likeness (QED) is 0.839. The summed E-state index contributed by atoms with van der Waals surface area (Å²) in [6.07, 6.45) is 1.71. The van der Waals surface area contributed by atoms with Crippen molar-refractivity contribution in [2.24, 2.45) is 0 Å². The summed E-state index contributed by atoms with van der Waals surface area (Å²) in [7, 11) is 0. The van der Waals surface area contributed by atoms with Crippen molar-refractivity contribution < 1.29 is 4.42 Å². The molecule has 3 heteroatoms. The molecule has 0 radical (unpaired) electrons. The van der Waals surface area contributed by atoms with E-state index < -0.39 is 0 Å². The zero-order valence-corrected chi connectivity index (χ0v) is 12.1. The van der Waals surface area contributed by atoms with Gasteiger partial charge in [0.15, 0.2) is 0 Å². The Bertz CT molecular complexity index is 450. The molecule has 0 saturated heterocycles. The van der Waals surface area contributed by atoms with E-state index in [2.05, 4.69) is 66.0 Å². The van der Waals surface area contributed by atoms with Gasteiger partial charge < -0.3 is 9.73 Å². The fourth-order valence-corrected chi connectivity index (χ4v) is 2.20. The van der Waals surface area contributed by atoms with Crippen LogP contribution in [0.2, 0.25) is 0 Å². The number of hydrogen-bond acceptors (Lipinski definition) is 2. The lowest BCUT2D eigenvalue weighted by Crippen LogP contribution is -2.22. The van der Waals surface area contributed by atoms with Crippen LogP contribution in [-0.2, 0) is 0 Å². The molecule has 0 bridgehead atoms. The highest BCUT2D eigenvalue weighted by Crippen LogP contribution is 2.20. The van der Waals surface area contributed by atoms with Crippen molar-refractivity contribution in [3.63, 3.8) is 0 Å². The van der Waals surface area contributed by atoms with Gasteiger partial charge in [-0.1, -0.05) is 12.1 Å². The summed E-state index contributed by atoms with van der Waals surface area (Å²) in [5, 5.41) is 3.52. The van der Waals surface area contributed by atoms with E-state index in [1.165, 1.54) is 9.13 Å². The summed E-state index contributed by atoms with van der Waals surface area (Å²) in [6.45, 7) is 4.28. The molecule has 90 valence electrons. The molecular weight excluding hydrogens is 325 g/mol. The van der Waals surface area contributed by atoms with Gasteiger partial charge in [-0.25, -0.2) is 0 Å². The molecule has 1 N–H and O–H groups in total. The zero-order chi connectivity index (χ0) is 12.3. The van der Waals surface area contributed by atoms with Crippen LogP contribution in [0.1, 0.15) is 37.3 Å². The average molecular weight is 341 g/mol. The Balaban J connectivity index is 2.01. The van der Waals surface area contributed by atoms with Crippen molar-refractivity contribution in [3.05, 3.63) is 57.6 Å². The Morgan fingerprint density at radius 3 is 2.35 bits per heavy atom. The predicted octanol–water partition coefficient (Wildman–Crippen LogP) is 4.30. The van der Waals surface area contributed by atoms with Gasteiger partial charge in [-0.3, -0.25) is 0 Å². The maximum atomic E-state index is 5.39. The molecule has 1 aromatic heterocycles. The van der Waals surface area contributed by atoms with Crippen LogP contribution in [0.15, 0.2) is 47.1 Å². The minimum absolute atomic E-state index is 0.222. The smallest absolute Gasteiger partial charge is 0.120 e. The van der Waals surface area contributed by atoms with Crippen LogP contribution in [0.4, 0.5) is 0 Å². The molecule has 0 aliphatic carbocycles. The van der Waals surface area contributed by atoms with E-state index in [1.54, 1.807) is 6.26 Å². The van der Waals surface area contributed by atoms with Crippen molar-refractivity contribution in [2.45, 2.75) is 25.9 Å². The third-order valence-corrected chi connectivity index (χ3v) is 3.56. The molecule has 2 unspecified atom stereocenters. The van der Waals surface area contributed by atoms with Crippen LogP contribution >= 0.6 is 22.6 Å². The molecule has 1 aromatic carbocycles. The topological polar surface area (TPSA) is 25.2 Å². The van der Waals surface area contributed by atoms with Crippen LogP contribution in [0.25, 0.3) is 0 Å². The first kappa shape index (κ1) is 12.6. The van der Waals surface area contributed by atoms with Crippen LogP contribution in [0, 0.1) is 3.57 Å². The Hall–Kier alpha value is -0.810. The van der Waals surface area contributed by atoms with Gasteiger partial charge in [0.1, 0.15) is 5.76 Å². The second-order valence-electron chi connectivity index (χ2n) is 4.18. The number of halogens is 1. The molecule has 0 aliphatic heterocycles. The van der Waals surface area contributed by atoms with E-state index in [0.29, 0.717) is 6.04 Å². The Morgan fingerprint density at radius 2 is 1.76 bits per heavy atom. The molecule has 1 heterocycles. The highest BCUT2D eigenvalue weighted by molar-refractivity contribution is 14.1. The van der Waals surface area contributed by atoms with Gasteiger partial charge in [-0.05, 0) is 66.3 Å². The number of nitrogens with one attached hydrogen (secondary N) is 1. The lowest BCUT2D eigenvalue weighted by atomic mass is 10.1. The fraction of sp³-hybridized carbons (Fsp3) is 0.286. The largest absolute Gasteiger partial charge is 0.468 e. The van der Waals surface area contributed by atoms with Crippen molar-refractivity contribution >= 4 is 22.6 Å². The molecule has 2 atom stereocenters. The summed E-state index contributed by atoms with van der Waals surface area (Å²) < 4.78 is 6.65. The SMILES string of the molecule is CC(NC(C)c1ccco1)c1ccc(I)cc1. The van der Waals surface area contributed by atoms with Gasteiger partial charge >= 0.3 is 0 Å². The summed E-state index contributed by atoms with van der Waals surface area (Å²) in [6, 6.07) is 13.0. The maximum Gasteiger partial charge on any atom is 0.120 e. The number of benzene rings is 1. The van der Waals surface area contributed by atoms with Crippen molar-refractivity contribution in [3.8, 4) is 0 Å². The fourth-order valence-electron chi connectivity index (χ4n) is 1.84. The lowest BCUT2D eigenvalue weighted by Gasteiger charge is -2.18. The minimum Gasteiger partial charge on any atom is -0.468 e. The van der Waals surface area contributed by atoms with Crippen LogP contribution in [-0.4, -0.2) is 0 Å². The van der Waals surface area contributed by atoms with Crippen LogP contribution in [0.5, 0.6) is 0 Å². The standard InChI is InChI=1S/C14H16INO/c1-10(12-5-7-13(15)8-6-12)16-11(2)14-4-3-9-17-14/h3-11,16H,1-2H3. The first-order valence-corrected chi connectivity index (χ1v) is 6.79.